The maximum atomic E-state index is 12.4. The van der Waals surface area contributed by atoms with Gasteiger partial charge in [0.15, 0.2) is 0 Å². The molecule has 0 saturated carbocycles. The zero-order valence-electron chi connectivity index (χ0n) is 25.0. The molecule has 2 N–H and O–H groups in total. The second-order valence-corrected chi connectivity index (χ2v) is 12.8. The zero-order chi connectivity index (χ0) is 30.1. The number of epoxide rings is 1. The molecule has 2 unspecified atom stereocenters. The van der Waals surface area contributed by atoms with Crippen LogP contribution in [0.25, 0.3) is 0 Å². The average Bonchev–Trinajstić information content (AvgIpc) is 3.75. The van der Waals surface area contributed by atoms with Crippen LogP contribution < -0.4 is 0 Å². The minimum atomic E-state index is -0.593. The van der Waals surface area contributed by atoms with E-state index in [1.54, 1.807) is 0 Å². The number of rotatable bonds is 8. The molecule has 0 amide bonds. The van der Waals surface area contributed by atoms with E-state index in [1.807, 2.05) is 60.7 Å². The van der Waals surface area contributed by atoms with Crippen molar-refractivity contribution in [2.75, 3.05) is 27.3 Å². The van der Waals surface area contributed by atoms with E-state index in [0.717, 1.165) is 36.8 Å². The van der Waals surface area contributed by atoms with Crippen molar-refractivity contribution < 1.29 is 34.0 Å². The monoisotopic (exact) mass is 592 g/mol. The van der Waals surface area contributed by atoms with Gasteiger partial charge >= 0.3 is 11.9 Å². The third-order valence-corrected chi connectivity index (χ3v) is 10.3. The van der Waals surface area contributed by atoms with Crippen molar-refractivity contribution in [1.29, 1.82) is 0 Å². The van der Waals surface area contributed by atoms with Crippen molar-refractivity contribution in [3.8, 4) is 0 Å². The van der Waals surface area contributed by atoms with Crippen molar-refractivity contribution in [2.24, 2.45) is 0 Å². The summed E-state index contributed by atoms with van der Waals surface area (Å²) in [5.41, 5.74) is 1.62. The number of hydrogen-bond donors (Lipinski definition) is 2. The van der Waals surface area contributed by atoms with Gasteiger partial charge in [0.1, 0.15) is 36.3 Å². The number of carbonyl (C=O) groups excluding carboxylic acids is 2. The maximum Gasteiger partial charge on any atom is 0.316 e. The first kappa shape index (κ1) is 30.2. The lowest BCUT2D eigenvalue weighted by atomic mass is 9.97. The van der Waals surface area contributed by atoms with Gasteiger partial charge in [-0.05, 0) is 50.9 Å². The molecule has 5 heterocycles. The molecule has 5 aliphatic heterocycles. The number of nitrogens with zero attached hydrogens (tertiary/aromatic N) is 2. The molecule has 9 nitrogen and oxygen atoms in total. The first-order valence-corrected chi connectivity index (χ1v) is 15.7. The number of likely N-dealkylation sites (N-methyl/N-ethyl adjacent to an activating group) is 1. The van der Waals surface area contributed by atoms with Crippen LogP contribution in [0.15, 0.2) is 60.7 Å². The van der Waals surface area contributed by atoms with E-state index < -0.39 is 11.8 Å². The van der Waals surface area contributed by atoms with Crippen LogP contribution in [0.4, 0.5) is 0 Å². The smallest absolute Gasteiger partial charge is 0.316 e. The Morgan fingerprint density at radius 2 is 1.14 bits per heavy atom. The summed E-state index contributed by atoms with van der Waals surface area (Å²) >= 11 is 0. The molecule has 0 aromatic heterocycles. The van der Waals surface area contributed by atoms with Gasteiger partial charge in [-0.15, -0.1) is 0 Å². The summed E-state index contributed by atoms with van der Waals surface area (Å²) in [7, 11) is 4.30. The Hall–Kier alpha value is -2.82. The second-order valence-electron chi connectivity index (χ2n) is 12.8. The lowest BCUT2D eigenvalue weighted by Gasteiger charge is -2.38. The van der Waals surface area contributed by atoms with Gasteiger partial charge in [0.2, 0.25) is 0 Å². The Balaban J connectivity index is 0.000000153. The van der Waals surface area contributed by atoms with E-state index in [0.29, 0.717) is 36.4 Å². The van der Waals surface area contributed by atoms with Gasteiger partial charge in [0.05, 0.1) is 13.2 Å². The first-order valence-electron chi connectivity index (χ1n) is 15.7. The number of aliphatic hydroxyl groups is 2. The largest absolute Gasteiger partial charge is 0.462 e. The Morgan fingerprint density at radius 1 is 0.721 bits per heavy atom. The van der Waals surface area contributed by atoms with E-state index in [4.69, 9.17) is 14.2 Å². The molecule has 5 fully saturated rings. The SMILES string of the molecule is CN1[C@@H]2CC(OC(=O)[C@H](CO)c3ccccc3)C[C@H]1[C@@H]1O[C@@H]12.CN1[C@@H]2CC[C@H]1CC(OC(=O)[C@H](CO)c1ccccc1)C2. The second kappa shape index (κ2) is 13.0. The van der Waals surface area contributed by atoms with Gasteiger partial charge in [-0.1, -0.05) is 60.7 Å². The predicted molar refractivity (Wildman–Crippen MR) is 159 cm³/mol. The Kier molecular flexibility index (Phi) is 9.16. The number of esters is 2. The third-order valence-electron chi connectivity index (χ3n) is 10.3. The predicted octanol–water partition coefficient (Wildman–Crippen LogP) is 2.85. The molecule has 0 radical (unpaired) electrons. The summed E-state index contributed by atoms with van der Waals surface area (Å²) in [6.45, 7) is -0.432. The molecular weight excluding hydrogens is 548 g/mol. The average molecular weight is 593 g/mol. The molecule has 0 spiro atoms. The number of ether oxygens (including phenoxy) is 3. The number of morpholine rings is 1. The van der Waals surface area contributed by atoms with Crippen molar-refractivity contribution in [2.45, 2.75) is 98.9 Å². The number of fused-ring (bicyclic) bond motifs is 7. The molecule has 5 aliphatic rings. The van der Waals surface area contributed by atoms with Crippen LogP contribution in [0.5, 0.6) is 0 Å². The number of carbonyl (C=O) groups is 2. The number of piperidine rings is 2. The summed E-state index contributed by atoms with van der Waals surface area (Å²) in [6, 6.07) is 20.5. The van der Waals surface area contributed by atoms with Gasteiger partial charge in [-0.2, -0.15) is 0 Å². The van der Waals surface area contributed by atoms with Gasteiger partial charge in [-0.25, -0.2) is 0 Å². The van der Waals surface area contributed by atoms with Crippen molar-refractivity contribution in [3.63, 3.8) is 0 Å². The van der Waals surface area contributed by atoms with Crippen LogP contribution in [0.1, 0.15) is 61.5 Å². The normalized spacial score (nSPS) is 33.9. The molecule has 43 heavy (non-hydrogen) atoms. The van der Waals surface area contributed by atoms with Crippen LogP contribution in [0.2, 0.25) is 0 Å². The Labute approximate surface area is 253 Å². The van der Waals surface area contributed by atoms with E-state index in [1.165, 1.54) is 12.8 Å². The summed E-state index contributed by atoms with van der Waals surface area (Å²) in [5.74, 6) is -1.78. The lowest BCUT2D eigenvalue weighted by molar-refractivity contribution is -0.157. The Morgan fingerprint density at radius 3 is 1.56 bits per heavy atom. The van der Waals surface area contributed by atoms with Crippen molar-refractivity contribution in [1.82, 2.24) is 9.80 Å². The zero-order valence-corrected chi connectivity index (χ0v) is 25.0. The van der Waals surface area contributed by atoms with Crippen LogP contribution >= 0.6 is 0 Å². The maximum absolute atomic E-state index is 12.4. The van der Waals surface area contributed by atoms with E-state index >= 15 is 0 Å². The molecule has 10 atom stereocenters. The Bertz CT molecular complexity index is 1210. The fourth-order valence-electron chi connectivity index (χ4n) is 7.75. The summed E-state index contributed by atoms with van der Waals surface area (Å²) in [6.07, 6.45) is 6.52. The highest BCUT2D eigenvalue weighted by atomic mass is 16.6. The molecule has 4 bridgehead atoms. The van der Waals surface area contributed by atoms with Crippen molar-refractivity contribution >= 4 is 11.9 Å². The van der Waals surface area contributed by atoms with Gasteiger partial charge in [0, 0.05) is 37.0 Å². The van der Waals surface area contributed by atoms with Crippen LogP contribution in [0, 0.1) is 0 Å². The minimum Gasteiger partial charge on any atom is -0.462 e. The van der Waals surface area contributed by atoms with Crippen LogP contribution in [0.3, 0.4) is 0 Å². The molecule has 5 saturated heterocycles. The topological polar surface area (TPSA) is 112 Å². The standard InChI is InChI=1S/C17H21NO4.C17H23NO3/c1-18-13-7-11(8-14(18)16-15(13)22-16)21-17(20)12(9-19)10-5-3-2-4-6-10;1-18-13-7-8-14(18)10-15(9-13)21-17(20)16(11-19)12-5-3-2-4-6-12/h2-6,11-16,19H,7-9H2,1H3;2-6,13-16,19H,7-11H2,1H3/t11?,12-,13-,14+,15-,16+;13-,14+,15?,16-/m11/s1. The fourth-order valence-corrected chi connectivity index (χ4v) is 7.75. The van der Waals surface area contributed by atoms with E-state index in [-0.39, 0.29) is 37.4 Å². The van der Waals surface area contributed by atoms with Gasteiger partial charge in [-0.3, -0.25) is 14.5 Å². The number of aliphatic hydroxyl groups excluding tert-OH is 2. The minimum absolute atomic E-state index is 0.00367. The summed E-state index contributed by atoms with van der Waals surface area (Å²) < 4.78 is 17.1. The highest BCUT2D eigenvalue weighted by Crippen LogP contribution is 2.48. The quantitative estimate of drug-likeness (QED) is 0.353. The number of benzene rings is 2. The highest BCUT2D eigenvalue weighted by molar-refractivity contribution is 5.79. The molecule has 9 heteroatoms. The first-order chi connectivity index (χ1) is 20.9. The van der Waals surface area contributed by atoms with Crippen LogP contribution in [-0.2, 0) is 23.8 Å². The molecule has 0 aliphatic carbocycles. The highest BCUT2D eigenvalue weighted by Gasteiger charge is 2.62. The van der Waals surface area contributed by atoms with Crippen molar-refractivity contribution in [3.05, 3.63) is 71.8 Å². The third kappa shape index (κ3) is 6.37. The lowest BCUT2D eigenvalue weighted by Crippen LogP contribution is -2.48. The van der Waals surface area contributed by atoms with Gasteiger partial charge in [0.25, 0.3) is 0 Å². The summed E-state index contributed by atoms with van der Waals surface area (Å²) in [4.78, 5) is 29.6. The fraction of sp³-hybridized carbons (Fsp3) is 0.588. The molecular formula is C34H44N2O7. The van der Waals surface area contributed by atoms with Crippen LogP contribution in [-0.4, -0.2) is 108 Å². The molecule has 7 rings (SSSR count). The molecule has 2 aromatic carbocycles. The molecule has 2 aromatic rings. The number of hydrogen-bond acceptors (Lipinski definition) is 9. The van der Waals surface area contributed by atoms with Gasteiger partial charge < -0.3 is 29.3 Å². The van der Waals surface area contributed by atoms with E-state index in [2.05, 4.69) is 23.9 Å². The van der Waals surface area contributed by atoms with E-state index in [9.17, 15) is 19.8 Å². The molecule has 232 valence electrons. The summed E-state index contributed by atoms with van der Waals surface area (Å²) in [5, 5.41) is 19.1.